The highest BCUT2D eigenvalue weighted by atomic mass is 32.2. The minimum atomic E-state index is -3.80. The molecule has 0 bridgehead atoms. The van der Waals surface area contributed by atoms with E-state index >= 15 is 0 Å². The third-order valence-corrected chi connectivity index (χ3v) is 10.5. The van der Waals surface area contributed by atoms with Crippen molar-refractivity contribution in [2.24, 2.45) is 0 Å². The van der Waals surface area contributed by atoms with Gasteiger partial charge < -0.3 is 19.9 Å². The van der Waals surface area contributed by atoms with Crippen LogP contribution in [0.3, 0.4) is 0 Å². The summed E-state index contributed by atoms with van der Waals surface area (Å²) < 4.78 is 42.5. The van der Waals surface area contributed by atoms with E-state index in [0.29, 0.717) is 17.0 Å². The highest BCUT2D eigenvalue weighted by Gasteiger charge is 2.42. The molecule has 1 saturated heterocycles. The smallest absolute Gasteiger partial charge is 0.261 e. The molecule has 4 atom stereocenters. The zero-order chi connectivity index (χ0) is 33.5. The number of carbonyl (C=O) groups excluding carboxylic acids is 1. The van der Waals surface area contributed by atoms with Gasteiger partial charge in [0, 0.05) is 40.4 Å². The normalized spacial score (nSPS) is 19.4. The van der Waals surface area contributed by atoms with Gasteiger partial charge in [-0.25, -0.2) is 8.42 Å². The van der Waals surface area contributed by atoms with Crippen LogP contribution < -0.4 is 10.0 Å². The maximum atomic E-state index is 13.1. The van der Waals surface area contributed by atoms with Gasteiger partial charge in [0.25, 0.3) is 10.0 Å². The van der Waals surface area contributed by atoms with Gasteiger partial charge in [-0.05, 0) is 65.2 Å². The second-order valence-electron chi connectivity index (χ2n) is 11.5. The second-order valence-corrected chi connectivity index (χ2v) is 14.2. The van der Waals surface area contributed by atoms with Crippen molar-refractivity contribution in [1.82, 2.24) is 0 Å². The van der Waals surface area contributed by atoms with Crippen LogP contribution in [0, 0.1) is 0 Å². The number of sulfonamides is 1. The summed E-state index contributed by atoms with van der Waals surface area (Å²) in [5, 5.41) is 12.5. The summed E-state index contributed by atoms with van der Waals surface area (Å²) in [4.78, 5) is 12.7. The molecule has 1 aliphatic heterocycles. The van der Waals surface area contributed by atoms with Gasteiger partial charge in [0.2, 0.25) is 5.91 Å². The summed E-state index contributed by atoms with van der Waals surface area (Å²) in [6.07, 6.45) is -1.55. The fourth-order valence-electron chi connectivity index (χ4n) is 5.73. The Balaban J connectivity index is 1.33. The molecule has 1 heterocycles. The Bertz CT molecular complexity index is 1920. The Morgan fingerprint density at radius 2 is 1.42 bits per heavy atom. The van der Waals surface area contributed by atoms with Crippen molar-refractivity contribution in [2.45, 2.75) is 47.7 Å². The van der Waals surface area contributed by atoms with Crippen LogP contribution in [0.15, 0.2) is 143 Å². The van der Waals surface area contributed by atoms with E-state index in [1.54, 1.807) is 60.3 Å². The summed E-state index contributed by atoms with van der Waals surface area (Å²) in [6.45, 7) is 1.42. The quantitative estimate of drug-likeness (QED) is 0.123. The van der Waals surface area contributed by atoms with Gasteiger partial charge in [0.1, 0.15) is 0 Å². The largest absolute Gasteiger partial charge is 0.392 e. The lowest BCUT2D eigenvalue weighted by Crippen LogP contribution is -2.38. The van der Waals surface area contributed by atoms with E-state index in [2.05, 4.69) is 22.2 Å². The Morgan fingerprint density at radius 3 is 2.08 bits per heavy atom. The van der Waals surface area contributed by atoms with Gasteiger partial charge in [-0.15, -0.1) is 11.8 Å². The van der Waals surface area contributed by atoms with Crippen molar-refractivity contribution in [3.05, 3.63) is 156 Å². The SMILES string of the molecule is CC(=O)Nc1ccc(SCC2OC(c3cccc(NS(=O)(=O)c4ccccc4)c3)OC(c3ccc(CO)cc3)C2c2ccccc2)cc1. The van der Waals surface area contributed by atoms with Crippen LogP contribution in [0.1, 0.15) is 47.5 Å². The summed E-state index contributed by atoms with van der Waals surface area (Å²) >= 11 is 1.64. The molecular weight excluding hydrogens is 645 g/mol. The van der Waals surface area contributed by atoms with Crippen LogP contribution >= 0.6 is 11.8 Å². The lowest BCUT2D eigenvalue weighted by Gasteiger charge is -2.43. The summed E-state index contributed by atoms with van der Waals surface area (Å²) in [5.74, 6) is 0.274. The molecule has 3 N–H and O–H groups in total. The average Bonchev–Trinajstić information content (AvgIpc) is 3.11. The molecule has 0 aliphatic carbocycles. The Labute approximate surface area is 285 Å². The van der Waals surface area contributed by atoms with Crippen molar-refractivity contribution in [2.75, 3.05) is 15.8 Å². The van der Waals surface area contributed by atoms with Crippen LogP contribution in [0.25, 0.3) is 0 Å². The number of aliphatic hydroxyl groups is 1. The van der Waals surface area contributed by atoms with E-state index in [-0.39, 0.29) is 29.4 Å². The van der Waals surface area contributed by atoms with Crippen molar-refractivity contribution >= 4 is 39.1 Å². The number of aliphatic hydroxyl groups excluding tert-OH is 1. The molecule has 4 unspecified atom stereocenters. The topological polar surface area (TPSA) is 114 Å². The van der Waals surface area contributed by atoms with E-state index < -0.39 is 22.4 Å². The van der Waals surface area contributed by atoms with Crippen molar-refractivity contribution in [3.8, 4) is 0 Å². The maximum Gasteiger partial charge on any atom is 0.261 e. The number of nitrogens with one attached hydrogen (secondary N) is 2. The zero-order valence-corrected chi connectivity index (χ0v) is 27.9. The molecule has 1 amide bonds. The molecule has 10 heteroatoms. The van der Waals surface area contributed by atoms with Crippen molar-refractivity contribution < 1.29 is 27.8 Å². The molecule has 48 heavy (non-hydrogen) atoms. The van der Waals surface area contributed by atoms with E-state index in [0.717, 1.165) is 27.3 Å². The molecule has 1 fully saturated rings. The maximum absolute atomic E-state index is 13.1. The van der Waals surface area contributed by atoms with Crippen LogP contribution in [-0.4, -0.2) is 31.3 Å². The van der Waals surface area contributed by atoms with Gasteiger partial charge in [-0.1, -0.05) is 84.9 Å². The molecule has 0 spiro atoms. The Kier molecular flexibility index (Phi) is 10.6. The lowest BCUT2D eigenvalue weighted by molar-refractivity contribution is -0.255. The first-order chi connectivity index (χ1) is 23.3. The van der Waals surface area contributed by atoms with Crippen LogP contribution in [-0.2, 0) is 30.9 Å². The molecular formula is C38H36N2O6S2. The van der Waals surface area contributed by atoms with E-state index in [1.807, 2.05) is 72.8 Å². The molecule has 5 aromatic carbocycles. The number of hydrogen-bond acceptors (Lipinski definition) is 7. The first-order valence-electron chi connectivity index (χ1n) is 15.5. The number of anilines is 2. The molecule has 0 saturated carbocycles. The second kappa shape index (κ2) is 15.2. The van der Waals surface area contributed by atoms with Crippen molar-refractivity contribution in [3.63, 3.8) is 0 Å². The van der Waals surface area contributed by atoms with Gasteiger partial charge in [0.05, 0.1) is 23.7 Å². The lowest BCUT2D eigenvalue weighted by atomic mass is 9.84. The minimum Gasteiger partial charge on any atom is -0.392 e. The fraction of sp³-hybridized carbons (Fsp3) is 0.184. The summed E-state index contributed by atoms with van der Waals surface area (Å²) in [6, 6.07) is 40.9. The molecule has 8 nitrogen and oxygen atoms in total. The summed E-state index contributed by atoms with van der Waals surface area (Å²) in [7, 11) is -3.80. The first-order valence-corrected chi connectivity index (χ1v) is 18.0. The van der Waals surface area contributed by atoms with E-state index in [4.69, 9.17) is 9.47 Å². The van der Waals surface area contributed by atoms with Gasteiger partial charge in [-0.2, -0.15) is 0 Å². The third kappa shape index (κ3) is 8.15. The molecule has 246 valence electrons. The standard InChI is InChI=1S/C38H36N2O6S2/c1-26(42)39-31-19-21-33(22-20-31)47-25-35-36(28-9-4-2-5-10-28)37(29-17-15-27(24-41)16-18-29)46-38(45-35)30-11-8-12-32(23-30)40-48(43,44)34-13-6-3-7-14-34/h2-23,35-38,40-41H,24-25H2,1H3,(H,39,42). The number of carbonyl (C=O) groups is 1. The van der Waals surface area contributed by atoms with Crippen LogP contribution in [0.5, 0.6) is 0 Å². The molecule has 0 radical (unpaired) electrons. The number of rotatable bonds is 11. The van der Waals surface area contributed by atoms with Crippen LogP contribution in [0.4, 0.5) is 11.4 Å². The Morgan fingerprint density at radius 1 is 0.750 bits per heavy atom. The van der Waals surface area contributed by atoms with E-state index in [1.165, 1.54) is 6.92 Å². The first kappa shape index (κ1) is 33.5. The highest BCUT2D eigenvalue weighted by molar-refractivity contribution is 7.99. The van der Waals surface area contributed by atoms with Gasteiger partial charge in [0.15, 0.2) is 6.29 Å². The monoisotopic (exact) mass is 680 g/mol. The summed E-state index contributed by atoms with van der Waals surface area (Å²) in [5.41, 5.74) is 4.58. The van der Waals surface area contributed by atoms with Gasteiger partial charge in [-0.3, -0.25) is 9.52 Å². The fourth-order valence-corrected chi connectivity index (χ4v) is 7.77. The minimum absolute atomic E-state index is 0.0642. The molecule has 5 aromatic rings. The number of amides is 1. The Hall–Kier alpha value is -4.45. The third-order valence-electron chi connectivity index (χ3n) is 8.02. The highest BCUT2D eigenvalue weighted by Crippen LogP contribution is 2.48. The van der Waals surface area contributed by atoms with Crippen LogP contribution in [0.2, 0.25) is 0 Å². The molecule has 0 aromatic heterocycles. The van der Waals surface area contributed by atoms with Crippen molar-refractivity contribution in [1.29, 1.82) is 0 Å². The molecule has 1 aliphatic rings. The predicted octanol–water partition coefficient (Wildman–Crippen LogP) is 7.67. The number of thioether (sulfide) groups is 1. The predicted molar refractivity (Wildman–Crippen MR) is 188 cm³/mol. The van der Waals surface area contributed by atoms with E-state index in [9.17, 15) is 18.3 Å². The number of benzene rings is 5. The zero-order valence-electron chi connectivity index (χ0n) is 26.2. The number of hydrogen-bond donors (Lipinski definition) is 3. The average molecular weight is 681 g/mol. The number of ether oxygens (including phenoxy) is 2. The molecule has 6 rings (SSSR count). The van der Waals surface area contributed by atoms with Gasteiger partial charge >= 0.3 is 0 Å².